The predicted molar refractivity (Wildman–Crippen MR) is 47.0 cm³/mol. The maximum atomic E-state index is 8.73. The van der Waals surface area contributed by atoms with Crippen molar-refractivity contribution in [1.82, 2.24) is 0 Å². The first-order chi connectivity index (χ1) is 5.27. The average Bonchev–Trinajstić information content (AvgIpc) is 2.04. The Kier molecular flexibility index (Phi) is 2.80. The Morgan fingerprint density at radius 2 is 2.27 bits per heavy atom. The Balaban J connectivity index is 2.99. The van der Waals surface area contributed by atoms with E-state index >= 15 is 0 Å². The normalized spacial score (nSPS) is 9.36. The van der Waals surface area contributed by atoms with E-state index in [0.29, 0.717) is 10.8 Å². The van der Waals surface area contributed by atoms with Crippen LogP contribution < -0.4 is 10.2 Å². The van der Waals surface area contributed by atoms with E-state index in [1.54, 1.807) is 25.3 Å². The van der Waals surface area contributed by atoms with E-state index in [0.717, 1.165) is 5.46 Å². The van der Waals surface area contributed by atoms with Gasteiger partial charge in [0.1, 0.15) is 5.75 Å². The molecule has 0 aliphatic carbocycles. The second-order valence-electron chi connectivity index (χ2n) is 2.13. The molecule has 0 saturated carbocycles. The molecule has 1 aromatic rings. The van der Waals surface area contributed by atoms with Crippen LogP contribution in [0.2, 0.25) is 5.02 Å². The topological polar surface area (TPSA) is 29.5 Å². The Labute approximate surface area is 71.0 Å². The van der Waals surface area contributed by atoms with E-state index in [2.05, 4.69) is 0 Å². The Morgan fingerprint density at radius 3 is 2.73 bits per heavy atom. The minimum absolute atomic E-state index is 0.00368. The molecule has 4 heteroatoms. The van der Waals surface area contributed by atoms with Crippen LogP contribution in [0.1, 0.15) is 0 Å². The zero-order valence-electron chi connectivity index (χ0n) is 6.17. The first-order valence-corrected chi connectivity index (χ1v) is 3.59. The highest BCUT2D eigenvalue weighted by molar-refractivity contribution is 6.46. The SMILES string of the molecule is COc1ccc(BO)cc1Cl. The minimum Gasteiger partial charge on any atom is -0.495 e. The highest BCUT2D eigenvalue weighted by Gasteiger charge is 2.00. The lowest BCUT2D eigenvalue weighted by atomic mass is 9.89. The van der Waals surface area contributed by atoms with Gasteiger partial charge < -0.3 is 9.76 Å². The van der Waals surface area contributed by atoms with Gasteiger partial charge in [-0.25, -0.2) is 0 Å². The monoisotopic (exact) mass is 170 g/mol. The van der Waals surface area contributed by atoms with E-state index in [4.69, 9.17) is 21.4 Å². The molecule has 58 valence electrons. The fraction of sp³-hybridized carbons (Fsp3) is 0.143. The summed E-state index contributed by atoms with van der Waals surface area (Å²) >= 11 is 5.77. The smallest absolute Gasteiger partial charge is 0.304 e. The summed E-state index contributed by atoms with van der Waals surface area (Å²) in [5.41, 5.74) is 0.788. The van der Waals surface area contributed by atoms with Gasteiger partial charge >= 0.3 is 7.48 Å². The summed E-state index contributed by atoms with van der Waals surface area (Å²) in [5, 5.41) is 9.25. The van der Waals surface area contributed by atoms with Gasteiger partial charge in [0.15, 0.2) is 0 Å². The van der Waals surface area contributed by atoms with Crippen molar-refractivity contribution in [3.63, 3.8) is 0 Å². The van der Waals surface area contributed by atoms with Gasteiger partial charge in [-0.05, 0) is 12.1 Å². The molecule has 1 N–H and O–H groups in total. The van der Waals surface area contributed by atoms with Crippen molar-refractivity contribution in [2.75, 3.05) is 7.11 Å². The summed E-state index contributed by atoms with van der Waals surface area (Å²) in [5.74, 6) is 0.629. The van der Waals surface area contributed by atoms with Crippen LogP contribution in [-0.4, -0.2) is 19.6 Å². The highest BCUT2D eigenvalue weighted by atomic mass is 35.5. The number of benzene rings is 1. The molecule has 0 amide bonds. The fourth-order valence-corrected chi connectivity index (χ4v) is 1.09. The lowest BCUT2D eigenvalue weighted by Gasteiger charge is -2.02. The third-order valence-electron chi connectivity index (χ3n) is 1.40. The van der Waals surface area contributed by atoms with Gasteiger partial charge in [-0.2, -0.15) is 0 Å². The molecule has 0 atom stereocenters. The van der Waals surface area contributed by atoms with Gasteiger partial charge in [-0.1, -0.05) is 23.1 Å². The number of ether oxygens (including phenoxy) is 1. The van der Waals surface area contributed by atoms with E-state index in [1.165, 1.54) is 0 Å². The molecular weight excluding hydrogens is 162 g/mol. The molecule has 0 spiro atoms. The van der Waals surface area contributed by atoms with Gasteiger partial charge in [-0.3, -0.25) is 0 Å². The maximum Gasteiger partial charge on any atom is 0.304 e. The number of rotatable bonds is 2. The molecule has 0 saturated heterocycles. The van der Waals surface area contributed by atoms with Gasteiger partial charge in [0.05, 0.1) is 12.1 Å². The molecule has 0 aliphatic heterocycles. The highest BCUT2D eigenvalue weighted by Crippen LogP contribution is 2.21. The standard InChI is InChI=1S/C7H8BClO2/c1-11-7-3-2-5(8-10)4-6(7)9/h2-4,8,10H,1H3. The first-order valence-electron chi connectivity index (χ1n) is 3.21. The van der Waals surface area contributed by atoms with Crippen molar-refractivity contribution in [1.29, 1.82) is 0 Å². The Bertz CT molecular complexity index is 252. The van der Waals surface area contributed by atoms with E-state index in [-0.39, 0.29) is 7.48 Å². The van der Waals surface area contributed by atoms with E-state index in [1.807, 2.05) is 0 Å². The fourth-order valence-electron chi connectivity index (χ4n) is 0.808. The van der Waals surface area contributed by atoms with Crippen LogP contribution in [0.25, 0.3) is 0 Å². The summed E-state index contributed by atoms with van der Waals surface area (Å²) in [6.07, 6.45) is 0. The molecule has 0 heterocycles. The second-order valence-corrected chi connectivity index (χ2v) is 2.53. The first kappa shape index (κ1) is 8.43. The second kappa shape index (κ2) is 3.65. The van der Waals surface area contributed by atoms with Crippen LogP contribution in [0.15, 0.2) is 18.2 Å². The third kappa shape index (κ3) is 1.88. The molecule has 0 fully saturated rings. The number of hydrogen-bond donors (Lipinski definition) is 1. The van der Waals surface area contributed by atoms with Gasteiger partial charge in [-0.15, -0.1) is 0 Å². The van der Waals surface area contributed by atoms with Crippen molar-refractivity contribution in [3.8, 4) is 5.75 Å². The van der Waals surface area contributed by atoms with Crippen molar-refractivity contribution in [3.05, 3.63) is 23.2 Å². The van der Waals surface area contributed by atoms with Gasteiger partial charge in [0.25, 0.3) is 0 Å². The third-order valence-corrected chi connectivity index (χ3v) is 1.69. The predicted octanol–water partition coefficient (Wildman–Crippen LogP) is 0.318. The van der Waals surface area contributed by atoms with Crippen molar-refractivity contribution in [2.45, 2.75) is 0 Å². The van der Waals surface area contributed by atoms with Crippen molar-refractivity contribution in [2.24, 2.45) is 0 Å². The van der Waals surface area contributed by atoms with Crippen LogP contribution in [0, 0.1) is 0 Å². The molecule has 0 aromatic heterocycles. The molecule has 1 aromatic carbocycles. The molecule has 0 radical (unpaired) electrons. The van der Waals surface area contributed by atoms with Crippen molar-refractivity contribution < 1.29 is 9.76 Å². The number of methoxy groups -OCH3 is 1. The lowest BCUT2D eigenvalue weighted by molar-refractivity contribution is 0.415. The molecule has 1 rings (SSSR count). The molecule has 0 bridgehead atoms. The zero-order chi connectivity index (χ0) is 8.27. The summed E-state index contributed by atoms with van der Waals surface area (Å²) < 4.78 is 4.93. The van der Waals surface area contributed by atoms with Crippen LogP contribution in [0.5, 0.6) is 5.75 Å². The molecule has 0 unspecified atom stereocenters. The molecule has 0 aliphatic rings. The van der Waals surface area contributed by atoms with Gasteiger partial charge in [0.2, 0.25) is 0 Å². The number of halogens is 1. The number of hydrogen-bond acceptors (Lipinski definition) is 2. The average molecular weight is 170 g/mol. The summed E-state index contributed by atoms with van der Waals surface area (Å²) in [7, 11) is 1.56. The molecule has 2 nitrogen and oxygen atoms in total. The Morgan fingerprint density at radius 1 is 1.55 bits per heavy atom. The summed E-state index contributed by atoms with van der Waals surface area (Å²) in [6.45, 7) is 0. The summed E-state index contributed by atoms with van der Waals surface area (Å²) in [4.78, 5) is 0. The van der Waals surface area contributed by atoms with Crippen LogP contribution in [-0.2, 0) is 0 Å². The van der Waals surface area contributed by atoms with Crippen LogP contribution in [0.4, 0.5) is 0 Å². The quantitative estimate of drug-likeness (QED) is 0.648. The summed E-state index contributed by atoms with van der Waals surface area (Å²) in [6, 6.07) is 5.18. The van der Waals surface area contributed by atoms with E-state index in [9.17, 15) is 0 Å². The largest absolute Gasteiger partial charge is 0.495 e. The van der Waals surface area contributed by atoms with Crippen LogP contribution in [0.3, 0.4) is 0 Å². The molecular formula is C7H8BClO2. The van der Waals surface area contributed by atoms with Gasteiger partial charge in [0, 0.05) is 0 Å². The lowest BCUT2D eigenvalue weighted by Crippen LogP contribution is -2.12. The Hall–Kier alpha value is -0.665. The van der Waals surface area contributed by atoms with E-state index < -0.39 is 0 Å². The van der Waals surface area contributed by atoms with Crippen LogP contribution >= 0.6 is 11.6 Å². The molecule has 11 heavy (non-hydrogen) atoms. The minimum atomic E-state index is 0.00368. The zero-order valence-corrected chi connectivity index (χ0v) is 6.93. The van der Waals surface area contributed by atoms with Crippen molar-refractivity contribution >= 4 is 24.5 Å². The maximum absolute atomic E-state index is 8.73.